The molecule has 1 saturated carbocycles. The Morgan fingerprint density at radius 2 is 2.22 bits per heavy atom. The average Bonchev–Trinajstić information content (AvgIpc) is 3.24. The molecular weight excluding hydrogens is 290 g/mol. The smallest absolute Gasteiger partial charge is 0.150 e. The third-order valence-corrected chi connectivity index (χ3v) is 5.23. The molecule has 120 valence electrons. The summed E-state index contributed by atoms with van der Waals surface area (Å²) < 4.78 is 7.36. The minimum atomic E-state index is -0.394. The summed E-state index contributed by atoms with van der Waals surface area (Å²) in [5, 5.41) is 14.6. The van der Waals surface area contributed by atoms with Crippen molar-refractivity contribution in [2.75, 3.05) is 24.7 Å². The van der Waals surface area contributed by atoms with E-state index in [2.05, 4.69) is 28.9 Å². The second-order valence-corrected chi connectivity index (χ2v) is 6.66. The highest BCUT2D eigenvalue weighted by atomic mass is 16.5. The van der Waals surface area contributed by atoms with Gasteiger partial charge in [-0.1, -0.05) is 12.8 Å². The molecule has 0 aromatic carbocycles. The van der Waals surface area contributed by atoms with Crippen LogP contribution in [0, 0.1) is 11.3 Å². The summed E-state index contributed by atoms with van der Waals surface area (Å²) in [5.74, 6) is 0.919. The molecule has 23 heavy (non-hydrogen) atoms. The molecule has 1 saturated heterocycles. The van der Waals surface area contributed by atoms with Crippen molar-refractivity contribution in [3.8, 4) is 6.07 Å². The molecular formula is C17H21N5O. The number of hydrogen-bond acceptors (Lipinski definition) is 5. The van der Waals surface area contributed by atoms with E-state index in [1.165, 1.54) is 0 Å². The second kappa shape index (κ2) is 5.50. The van der Waals surface area contributed by atoms with Gasteiger partial charge in [0.2, 0.25) is 0 Å². The zero-order valence-electron chi connectivity index (χ0n) is 13.4. The summed E-state index contributed by atoms with van der Waals surface area (Å²) in [4.78, 5) is 6.52. The van der Waals surface area contributed by atoms with E-state index in [9.17, 15) is 5.26 Å². The van der Waals surface area contributed by atoms with Gasteiger partial charge in [-0.25, -0.2) is 9.50 Å². The lowest BCUT2D eigenvalue weighted by molar-refractivity contribution is 0.0984. The third kappa shape index (κ3) is 2.27. The zero-order chi connectivity index (χ0) is 15.9. The molecule has 4 rings (SSSR count). The lowest BCUT2D eigenvalue weighted by Gasteiger charge is -2.35. The van der Waals surface area contributed by atoms with Gasteiger partial charge in [-0.3, -0.25) is 0 Å². The first-order chi connectivity index (χ1) is 11.2. The fraction of sp³-hybridized carbons (Fsp3) is 0.588. The Labute approximate surface area is 135 Å². The summed E-state index contributed by atoms with van der Waals surface area (Å²) in [5.41, 5.74) is 1.64. The Hall–Kier alpha value is -2.13. The van der Waals surface area contributed by atoms with Crippen LogP contribution in [0.15, 0.2) is 18.6 Å². The van der Waals surface area contributed by atoms with Crippen LogP contribution < -0.4 is 4.90 Å². The molecule has 1 aliphatic heterocycles. The summed E-state index contributed by atoms with van der Waals surface area (Å²) in [6, 6.07) is 5.01. The van der Waals surface area contributed by atoms with Gasteiger partial charge in [-0.2, -0.15) is 5.26 Å². The maximum atomic E-state index is 9.89. The van der Waals surface area contributed by atoms with Crippen LogP contribution >= 0.6 is 0 Å². The van der Waals surface area contributed by atoms with Crippen molar-refractivity contribution < 1.29 is 4.74 Å². The van der Waals surface area contributed by atoms with Gasteiger partial charge in [0.15, 0.2) is 0 Å². The Bertz CT molecular complexity index is 756. The van der Waals surface area contributed by atoms with Gasteiger partial charge < -0.3 is 9.64 Å². The van der Waals surface area contributed by atoms with E-state index in [4.69, 9.17) is 9.84 Å². The second-order valence-electron chi connectivity index (χ2n) is 6.66. The zero-order valence-corrected chi connectivity index (χ0v) is 13.4. The van der Waals surface area contributed by atoms with Crippen molar-refractivity contribution in [1.82, 2.24) is 14.6 Å². The van der Waals surface area contributed by atoms with Gasteiger partial charge >= 0.3 is 0 Å². The molecule has 2 aliphatic rings. The van der Waals surface area contributed by atoms with E-state index in [1.54, 1.807) is 6.33 Å². The first-order valence-corrected chi connectivity index (χ1v) is 8.33. The van der Waals surface area contributed by atoms with Crippen molar-refractivity contribution in [2.45, 2.75) is 44.1 Å². The minimum Gasteiger partial charge on any atom is -0.377 e. The number of nitrogens with zero attached hydrogens (tertiary/aromatic N) is 5. The van der Waals surface area contributed by atoms with Crippen LogP contribution in [0.3, 0.4) is 0 Å². The van der Waals surface area contributed by atoms with E-state index in [0.29, 0.717) is 13.2 Å². The van der Waals surface area contributed by atoms with Crippen LogP contribution in [0.25, 0.3) is 5.52 Å². The maximum Gasteiger partial charge on any atom is 0.150 e. The van der Waals surface area contributed by atoms with Crippen molar-refractivity contribution in [1.29, 1.82) is 5.26 Å². The molecule has 0 N–H and O–H groups in total. The number of aromatic nitrogens is 3. The molecule has 6 heteroatoms. The lowest BCUT2D eigenvalue weighted by atomic mass is 9.80. The normalized spacial score (nSPS) is 24.0. The molecule has 0 amide bonds. The average molecular weight is 311 g/mol. The number of fused-ring (bicyclic) bond motifs is 1. The van der Waals surface area contributed by atoms with Crippen LogP contribution in [-0.2, 0) is 10.2 Å². The summed E-state index contributed by atoms with van der Waals surface area (Å²) in [6.45, 7) is 4.40. The Morgan fingerprint density at radius 3 is 2.96 bits per heavy atom. The highest BCUT2D eigenvalue weighted by Crippen LogP contribution is 2.43. The molecule has 2 aromatic rings. The number of morpholine rings is 1. The highest BCUT2D eigenvalue weighted by molar-refractivity contribution is 5.62. The van der Waals surface area contributed by atoms with Gasteiger partial charge in [0.1, 0.15) is 12.1 Å². The third-order valence-electron chi connectivity index (χ3n) is 5.23. The first-order valence-electron chi connectivity index (χ1n) is 8.33. The number of ether oxygens (including phenoxy) is 1. The molecule has 1 atom stereocenters. The van der Waals surface area contributed by atoms with Crippen LogP contribution in [0.4, 0.5) is 5.82 Å². The SMILES string of the molecule is C[C@@H]1COCCN1c1cc(C2(C#N)CCCC2)c2cncn2n1. The predicted octanol–water partition coefficient (Wildman–Crippen LogP) is 2.29. The van der Waals surface area contributed by atoms with Crippen molar-refractivity contribution in [2.24, 2.45) is 0 Å². The molecule has 3 heterocycles. The van der Waals surface area contributed by atoms with Gasteiger partial charge in [0, 0.05) is 12.1 Å². The number of nitriles is 1. The topological polar surface area (TPSA) is 66.5 Å². The fourth-order valence-corrected chi connectivity index (χ4v) is 3.91. The molecule has 2 fully saturated rings. The van der Waals surface area contributed by atoms with Crippen LogP contribution in [0.2, 0.25) is 0 Å². The van der Waals surface area contributed by atoms with Crippen LogP contribution in [-0.4, -0.2) is 40.4 Å². The monoisotopic (exact) mass is 311 g/mol. The number of imidazole rings is 1. The molecule has 1 aliphatic carbocycles. The molecule has 0 bridgehead atoms. The van der Waals surface area contributed by atoms with Gasteiger partial charge in [0.05, 0.1) is 42.5 Å². The van der Waals surface area contributed by atoms with Gasteiger partial charge in [-0.15, -0.1) is 5.10 Å². The van der Waals surface area contributed by atoms with Gasteiger partial charge in [-0.05, 0) is 25.8 Å². The molecule has 0 radical (unpaired) electrons. The van der Waals surface area contributed by atoms with E-state index < -0.39 is 5.41 Å². The Morgan fingerprint density at radius 1 is 1.39 bits per heavy atom. The van der Waals surface area contributed by atoms with Crippen LogP contribution in [0.1, 0.15) is 38.2 Å². The summed E-state index contributed by atoms with van der Waals surface area (Å²) >= 11 is 0. The standard InChI is InChI=1S/C17H21N5O/c1-13-10-23-7-6-21(13)16-8-14(15-9-19-12-22(15)20-16)17(11-18)4-2-3-5-17/h8-9,12-13H,2-7,10H2,1H3/t13-/m1/s1. The van der Waals surface area contributed by atoms with E-state index in [1.807, 2.05) is 10.7 Å². The highest BCUT2D eigenvalue weighted by Gasteiger charge is 2.38. The number of anilines is 1. The Kier molecular flexibility index (Phi) is 3.46. The van der Waals surface area contributed by atoms with Crippen molar-refractivity contribution in [3.63, 3.8) is 0 Å². The molecule has 2 aromatic heterocycles. The van der Waals surface area contributed by atoms with E-state index in [-0.39, 0.29) is 6.04 Å². The minimum absolute atomic E-state index is 0.284. The van der Waals surface area contributed by atoms with Crippen molar-refractivity contribution in [3.05, 3.63) is 24.2 Å². The maximum absolute atomic E-state index is 9.89. The first kappa shape index (κ1) is 14.5. The summed E-state index contributed by atoms with van der Waals surface area (Å²) in [6.07, 6.45) is 7.62. The van der Waals surface area contributed by atoms with Gasteiger partial charge in [0.25, 0.3) is 0 Å². The molecule has 0 unspecified atom stereocenters. The largest absolute Gasteiger partial charge is 0.377 e. The fourth-order valence-electron chi connectivity index (χ4n) is 3.91. The Balaban J connectivity index is 1.86. The van der Waals surface area contributed by atoms with Crippen molar-refractivity contribution >= 4 is 11.3 Å². The lowest BCUT2D eigenvalue weighted by Crippen LogP contribution is -2.44. The molecule has 0 spiro atoms. The van der Waals surface area contributed by atoms with E-state index in [0.717, 1.165) is 49.1 Å². The quantitative estimate of drug-likeness (QED) is 0.851. The summed E-state index contributed by atoms with van der Waals surface area (Å²) in [7, 11) is 0. The molecule has 6 nitrogen and oxygen atoms in total. The predicted molar refractivity (Wildman–Crippen MR) is 86.4 cm³/mol. The number of rotatable bonds is 2. The number of hydrogen-bond donors (Lipinski definition) is 0. The van der Waals surface area contributed by atoms with Crippen LogP contribution in [0.5, 0.6) is 0 Å². The van der Waals surface area contributed by atoms with E-state index >= 15 is 0 Å².